The first-order valence-electron chi connectivity index (χ1n) is 11.0. The van der Waals surface area contributed by atoms with Crippen molar-refractivity contribution in [3.63, 3.8) is 0 Å². The van der Waals surface area contributed by atoms with Crippen molar-refractivity contribution in [2.75, 3.05) is 12.4 Å². The first kappa shape index (κ1) is 22.7. The molecular weight excluding hydrogens is 424 g/mol. The van der Waals surface area contributed by atoms with Gasteiger partial charge >= 0.3 is 0 Å². The first-order chi connectivity index (χ1) is 16.6. The van der Waals surface area contributed by atoms with Crippen molar-refractivity contribution >= 4 is 17.3 Å². The van der Waals surface area contributed by atoms with Gasteiger partial charge in [0, 0.05) is 17.4 Å². The fourth-order valence-corrected chi connectivity index (χ4v) is 3.47. The van der Waals surface area contributed by atoms with E-state index in [1.165, 1.54) is 0 Å². The van der Waals surface area contributed by atoms with Crippen LogP contribution in [0.25, 0.3) is 0 Å². The zero-order valence-corrected chi connectivity index (χ0v) is 19.1. The molecule has 0 bridgehead atoms. The highest BCUT2D eigenvalue weighted by Gasteiger charge is 2.12. The maximum absolute atomic E-state index is 12.5. The Bertz CT molecular complexity index is 1280. The minimum absolute atomic E-state index is 0.0509. The summed E-state index contributed by atoms with van der Waals surface area (Å²) < 4.78 is 5.36. The number of benzene rings is 2. The highest BCUT2D eigenvalue weighted by Crippen LogP contribution is 2.21. The molecule has 0 aliphatic carbocycles. The van der Waals surface area contributed by atoms with Gasteiger partial charge in [-0.3, -0.25) is 9.78 Å². The van der Waals surface area contributed by atoms with Crippen LogP contribution in [0.4, 0.5) is 5.69 Å². The second-order valence-electron chi connectivity index (χ2n) is 7.69. The number of pyridine rings is 1. The van der Waals surface area contributed by atoms with E-state index in [0.717, 1.165) is 28.4 Å². The van der Waals surface area contributed by atoms with Gasteiger partial charge in [0.2, 0.25) is 0 Å². The summed E-state index contributed by atoms with van der Waals surface area (Å²) in [4.78, 5) is 21.4. The molecule has 1 atom stereocenters. The number of aromatic nitrogens is 1. The molecule has 0 saturated heterocycles. The average molecular weight is 451 g/mol. The van der Waals surface area contributed by atoms with Crippen LogP contribution < -0.4 is 15.4 Å². The van der Waals surface area contributed by atoms with Crippen molar-refractivity contribution < 1.29 is 9.53 Å². The van der Waals surface area contributed by atoms with E-state index in [2.05, 4.69) is 22.5 Å². The van der Waals surface area contributed by atoms with E-state index < -0.39 is 0 Å². The number of anilines is 1. The lowest BCUT2D eigenvalue weighted by atomic mass is 10.1. The topological polar surface area (TPSA) is 75.6 Å². The molecule has 1 amide bonds. The van der Waals surface area contributed by atoms with Gasteiger partial charge in [0.15, 0.2) is 0 Å². The second kappa shape index (κ2) is 10.9. The Morgan fingerprint density at radius 3 is 2.68 bits per heavy atom. The zero-order chi connectivity index (χ0) is 23.8. The zero-order valence-electron chi connectivity index (χ0n) is 19.1. The molecular formula is C28H26N4O2. The van der Waals surface area contributed by atoms with E-state index in [1.54, 1.807) is 31.5 Å². The molecule has 4 rings (SSSR count). The molecule has 1 aliphatic rings. The third-order valence-corrected chi connectivity index (χ3v) is 5.24. The summed E-state index contributed by atoms with van der Waals surface area (Å²) in [6.45, 7) is 2.06. The molecule has 2 N–H and O–H groups in total. The van der Waals surface area contributed by atoms with Crippen LogP contribution in [0.15, 0.2) is 114 Å². The number of amides is 1. The number of rotatable bonds is 7. The van der Waals surface area contributed by atoms with Gasteiger partial charge in [0.25, 0.3) is 5.91 Å². The molecule has 3 aromatic rings. The maximum Gasteiger partial charge on any atom is 0.274 e. The Balaban J connectivity index is 1.51. The van der Waals surface area contributed by atoms with Gasteiger partial charge in [-0.15, -0.1) is 0 Å². The van der Waals surface area contributed by atoms with Gasteiger partial charge in [-0.25, -0.2) is 4.99 Å². The normalized spacial score (nSPS) is 18.6. The molecule has 1 aliphatic heterocycles. The molecule has 6 heteroatoms. The molecule has 0 fully saturated rings. The molecule has 1 aromatic heterocycles. The minimum Gasteiger partial charge on any atom is -0.497 e. The molecule has 0 saturated carbocycles. The van der Waals surface area contributed by atoms with Crippen LogP contribution in [0.3, 0.4) is 0 Å². The summed E-state index contributed by atoms with van der Waals surface area (Å²) in [5.41, 5.74) is 3.88. The number of carbonyl (C=O) groups is 1. The number of hydrogen-bond acceptors (Lipinski definition) is 5. The summed E-state index contributed by atoms with van der Waals surface area (Å²) in [5.74, 6) is 1.27. The van der Waals surface area contributed by atoms with Crippen LogP contribution >= 0.6 is 0 Å². The molecule has 170 valence electrons. The van der Waals surface area contributed by atoms with Crippen LogP contribution in [-0.2, 0) is 0 Å². The lowest BCUT2D eigenvalue weighted by Gasteiger charge is -2.18. The SMILES string of the molecule is COc1cccc(C2=N/C(N[C@@H](C)c3cccc(NC(=O)c4ccccn4)c3)=C\C=C\C=C\2)c1. The summed E-state index contributed by atoms with van der Waals surface area (Å²) >= 11 is 0. The van der Waals surface area contributed by atoms with E-state index in [4.69, 9.17) is 9.73 Å². The number of ether oxygens (including phenoxy) is 1. The number of aliphatic imine (C=N–C) groups is 1. The Labute approximate surface area is 199 Å². The minimum atomic E-state index is -0.245. The van der Waals surface area contributed by atoms with Crippen molar-refractivity contribution in [3.8, 4) is 5.75 Å². The highest BCUT2D eigenvalue weighted by atomic mass is 16.5. The Kier molecular flexibility index (Phi) is 7.30. The largest absolute Gasteiger partial charge is 0.497 e. The van der Waals surface area contributed by atoms with Gasteiger partial charge in [-0.1, -0.05) is 48.6 Å². The van der Waals surface area contributed by atoms with Crippen LogP contribution in [0.1, 0.15) is 34.6 Å². The average Bonchev–Trinajstić information content (AvgIpc) is 2.86. The standard InChI is InChI=1S/C28H26N4O2/c1-20(21-10-8-12-23(18-21)31-28(33)26-15-6-7-17-29-26)30-27-16-5-3-4-14-25(32-27)22-11-9-13-24(19-22)34-2/h3-20H,1-2H3,(H,30,32)(H,31,33)/t20-/m0/s1. The van der Waals surface area contributed by atoms with Gasteiger partial charge in [-0.2, -0.15) is 0 Å². The number of nitrogens with zero attached hydrogens (tertiary/aromatic N) is 2. The Morgan fingerprint density at radius 2 is 1.85 bits per heavy atom. The molecule has 6 nitrogen and oxygen atoms in total. The van der Waals surface area contributed by atoms with E-state index in [1.807, 2.05) is 78.9 Å². The molecule has 2 heterocycles. The van der Waals surface area contributed by atoms with Gasteiger partial charge in [0.05, 0.1) is 18.9 Å². The van der Waals surface area contributed by atoms with Crippen molar-refractivity contribution in [2.45, 2.75) is 13.0 Å². The molecule has 34 heavy (non-hydrogen) atoms. The Hall–Kier alpha value is -4.45. The summed E-state index contributed by atoms with van der Waals surface area (Å²) in [6.07, 6.45) is 11.4. The van der Waals surface area contributed by atoms with Crippen molar-refractivity contribution in [2.24, 2.45) is 4.99 Å². The van der Waals surface area contributed by atoms with E-state index in [9.17, 15) is 4.79 Å². The van der Waals surface area contributed by atoms with Crippen LogP contribution in [-0.4, -0.2) is 23.7 Å². The quantitative estimate of drug-likeness (QED) is 0.502. The van der Waals surface area contributed by atoms with Gasteiger partial charge in [-0.05, 0) is 61.0 Å². The highest BCUT2D eigenvalue weighted by molar-refractivity contribution is 6.09. The van der Waals surface area contributed by atoms with E-state index in [-0.39, 0.29) is 11.9 Å². The smallest absolute Gasteiger partial charge is 0.274 e. The number of methoxy groups -OCH3 is 1. The van der Waals surface area contributed by atoms with Crippen molar-refractivity contribution in [3.05, 3.63) is 126 Å². The number of hydrogen-bond donors (Lipinski definition) is 2. The maximum atomic E-state index is 12.5. The van der Waals surface area contributed by atoms with Crippen molar-refractivity contribution in [1.82, 2.24) is 10.3 Å². The number of nitrogens with one attached hydrogen (secondary N) is 2. The van der Waals surface area contributed by atoms with E-state index >= 15 is 0 Å². The van der Waals surface area contributed by atoms with Crippen molar-refractivity contribution in [1.29, 1.82) is 0 Å². The third-order valence-electron chi connectivity index (χ3n) is 5.24. The molecule has 0 spiro atoms. The predicted octanol–water partition coefficient (Wildman–Crippen LogP) is 5.45. The van der Waals surface area contributed by atoms with Crippen LogP contribution in [0.5, 0.6) is 5.75 Å². The third kappa shape index (κ3) is 5.86. The van der Waals surface area contributed by atoms with Crippen LogP contribution in [0.2, 0.25) is 0 Å². The van der Waals surface area contributed by atoms with Gasteiger partial charge < -0.3 is 15.4 Å². The van der Waals surface area contributed by atoms with Gasteiger partial charge in [0.1, 0.15) is 17.3 Å². The lowest BCUT2D eigenvalue weighted by molar-refractivity contribution is 0.102. The molecule has 0 unspecified atom stereocenters. The lowest BCUT2D eigenvalue weighted by Crippen LogP contribution is -2.19. The summed E-state index contributed by atoms with van der Waals surface area (Å²) in [7, 11) is 1.65. The Morgan fingerprint density at radius 1 is 0.971 bits per heavy atom. The van der Waals surface area contributed by atoms with E-state index in [0.29, 0.717) is 11.4 Å². The number of carbonyl (C=O) groups excluding carboxylic acids is 1. The first-order valence-corrected chi connectivity index (χ1v) is 11.0. The monoisotopic (exact) mass is 450 g/mol. The fourth-order valence-electron chi connectivity index (χ4n) is 3.47. The van der Waals surface area contributed by atoms with Crippen LogP contribution in [0, 0.1) is 0 Å². The number of allylic oxidation sites excluding steroid dienone is 5. The molecule has 0 radical (unpaired) electrons. The molecule has 2 aromatic carbocycles. The predicted molar refractivity (Wildman–Crippen MR) is 136 cm³/mol. The summed E-state index contributed by atoms with van der Waals surface area (Å²) in [5, 5.41) is 6.39. The summed E-state index contributed by atoms with van der Waals surface area (Å²) in [6, 6.07) is 20.8. The second-order valence-corrected chi connectivity index (χ2v) is 7.69. The fraction of sp³-hybridized carbons (Fsp3) is 0.107.